The van der Waals surface area contributed by atoms with E-state index in [0.717, 1.165) is 24.8 Å². The fraction of sp³-hybridized carbons (Fsp3) is 0.600. The number of aliphatic hydroxyl groups is 1. The molecule has 1 atom stereocenters. The zero-order valence-corrected chi connectivity index (χ0v) is 13.5. The molecule has 0 bridgehead atoms. The van der Waals surface area contributed by atoms with Crippen LogP contribution in [0.4, 0.5) is 5.69 Å². The number of hydrogen-bond acceptors (Lipinski definition) is 3. The number of rotatable bonds is 5. The molecule has 21 heavy (non-hydrogen) atoms. The third-order valence-corrected chi connectivity index (χ3v) is 6.04. The number of piperidine rings is 1. The maximum Gasteiger partial charge on any atom is 0.304 e. The lowest BCUT2D eigenvalue weighted by molar-refractivity contribution is 0.155. The SMILES string of the molecule is CCN(c1cccc(C)c1)S(=O)(=O)N1CCCCC1CO. The predicted octanol–water partition coefficient (Wildman–Crippen LogP) is 1.91. The number of aryl methyl sites for hydroxylation is 1. The van der Waals surface area contributed by atoms with Crippen molar-refractivity contribution < 1.29 is 13.5 Å². The first-order valence-corrected chi connectivity index (χ1v) is 8.87. The highest BCUT2D eigenvalue weighted by molar-refractivity contribution is 7.90. The van der Waals surface area contributed by atoms with E-state index in [-0.39, 0.29) is 12.6 Å². The third-order valence-electron chi connectivity index (χ3n) is 3.94. The highest BCUT2D eigenvalue weighted by Crippen LogP contribution is 2.26. The predicted molar refractivity (Wildman–Crippen MR) is 84.5 cm³/mol. The summed E-state index contributed by atoms with van der Waals surface area (Å²) in [6, 6.07) is 7.19. The van der Waals surface area contributed by atoms with Crippen molar-refractivity contribution in [2.75, 3.05) is 24.0 Å². The van der Waals surface area contributed by atoms with Gasteiger partial charge in [-0.3, -0.25) is 4.31 Å². The first-order chi connectivity index (χ1) is 10.0. The van der Waals surface area contributed by atoms with E-state index in [4.69, 9.17) is 0 Å². The molecule has 5 nitrogen and oxygen atoms in total. The maximum absolute atomic E-state index is 12.9. The van der Waals surface area contributed by atoms with E-state index in [1.807, 2.05) is 38.1 Å². The van der Waals surface area contributed by atoms with Gasteiger partial charge in [-0.1, -0.05) is 18.6 Å². The molecule has 1 saturated heterocycles. The zero-order valence-electron chi connectivity index (χ0n) is 12.7. The molecule has 0 spiro atoms. The molecule has 2 rings (SSSR count). The molecular weight excluding hydrogens is 288 g/mol. The molecule has 1 unspecified atom stereocenters. The first-order valence-electron chi connectivity index (χ1n) is 7.47. The van der Waals surface area contributed by atoms with Gasteiger partial charge >= 0.3 is 10.2 Å². The Morgan fingerprint density at radius 2 is 2.14 bits per heavy atom. The molecule has 1 N–H and O–H groups in total. The molecule has 1 heterocycles. The van der Waals surface area contributed by atoms with Crippen molar-refractivity contribution in [1.82, 2.24) is 4.31 Å². The van der Waals surface area contributed by atoms with Gasteiger partial charge in [0.05, 0.1) is 12.3 Å². The average molecular weight is 312 g/mol. The van der Waals surface area contributed by atoms with Gasteiger partial charge in [-0.25, -0.2) is 0 Å². The van der Waals surface area contributed by atoms with Crippen molar-refractivity contribution in [3.05, 3.63) is 29.8 Å². The molecular formula is C15H24N2O3S. The second-order valence-electron chi connectivity index (χ2n) is 5.45. The molecule has 1 aromatic rings. The van der Waals surface area contributed by atoms with Crippen LogP contribution in [0.1, 0.15) is 31.7 Å². The Morgan fingerprint density at radius 3 is 2.76 bits per heavy atom. The molecule has 1 aromatic carbocycles. The lowest BCUT2D eigenvalue weighted by Crippen LogP contribution is -2.52. The number of hydrogen-bond donors (Lipinski definition) is 1. The van der Waals surface area contributed by atoms with Crippen molar-refractivity contribution in [2.45, 2.75) is 39.2 Å². The van der Waals surface area contributed by atoms with Crippen LogP contribution in [0.25, 0.3) is 0 Å². The Morgan fingerprint density at radius 1 is 1.38 bits per heavy atom. The van der Waals surface area contributed by atoms with Gasteiger partial charge in [-0.05, 0) is 44.4 Å². The molecule has 1 aliphatic rings. The quantitative estimate of drug-likeness (QED) is 0.903. The van der Waals surface area contributed by atoms with Crippen molar-refractivity contribution >= 4 is 15.9 Å². The summed E-state index contributed by atoms with van der Waals surface area (Å²) in [6.45, 7) is 4.51. The van der Waals surface area contributed by atoms with E-state index in [0.29, 0.717) is 18.8 Å². The largest absolute Gasteiger partial charge is 0.395 e. The van der Waals surface area contributed by atoms with Gasteiger partial charge < -0.3 is 5.11 Å². The Bertz CT molecular complexity index is 574. The monoisotopic (exact) mass is 312 g/mol. The summed E-state index contributed by atoms with van der Waals surface area (Å²) in [5.41, 5.74) is 1.71. The van der Waals surface area contributed by atoms with E-state index in [2.05, 4.69) is 0 Å². The van der Waals surface area contributed by atoms with E-state index in [9.17, 15) is 13.5 Å². The summed E-state index contributed by atoms with van der Waals surface area (Å²) in [5.74, 6) is 0. The summed E-state index contributed by atoms with van der Waals surface area (Å²) in [4.78, 5) is 0. The van der Waals surface area contributed by atoms with E-state index in [1.165, 1.54) is 8.61 Å². The topological polar surface area (TPSA) is 60.9 Å². The second kappa shape index (κ2) is 6.77. The first kappa shape index (κ1) is 16.3. The van der Waals surface area contributed by atoms with E-state index >= 15 is 0 Å². The molecule has 0 aliphatic carbocycles. The minimum absolute atomic E-state index is 0.120. The number of nitrogens with zero attached hydrogens (tertiary/aromatic N) is 2. The third kappa shape index (κ3) is 3.39. The standard InChI is InChI=1S/C15H24N2O3S/c1-3-16(14-9-6-7-13(2)11-14)21(19,20)17-10-5-4-8-15(17)12-18/h6-7,9,11,15,18H,3-5,8,10,12H2,1-2H3. The van der Waals surface area contributed by atoms with Crippen LogP contribution < -0.4 is 4.31 Å². The molecule has 118 valence electrons. The van der Waals surface area contributed by atoms with Gasteiger partial charge in [-0.2, -0.15) is 12.7 Å². The van der Waals surface area contributed by atoms with Crippen LogP contribution >= 0.6 is 0 Å². The highest BCUT2D eigenvalue weighted by atomic mass is 32.2. The zero-order chi connectivity index (χ0) is 15.5. The van der Waals surface area contributed by atoms with Gasteiger partial charge in [0.25, 0.3) is 0 Å². The van der Waals surface area contributed by atoms with Crippen LogP contribution in [-0.2, 0) is 10.2 Å². The highest BCUT2D eigenvalue weighted by Gasteiger charge is 2.35. The summed E-state index contributed by atoms with van der Waals surface area (Å²) in [6.07, 6.45) is 2.54. The Kier molecular flexibility index (Phi) is 5.24. The van der Waals surface area contributed by atoms with E-state index < -0.39 is 10.2 Å². The molecule has 6 heteroatoms. The van der Waals surface area contributed by atoms with Crippen LogP contribution in [0.3, 0.4) is 0 Å². The summed E-state index contributed by atoms with van der Waals surface area (Å²) in [7, 11) is -3.60. The number of benzene rings is 1. The summed E-state index contributed by atoms with van der Waals surface area (Å²) < 4.78 is 28.8. The maximum atomic E-state index is 12.9. The Labute approximate surface area is 127 Å². The second-order valence-corrected chi connectivity index (χ2v) is 7.26. The van der Waals surface area contributed by atoms with Crippen LogP contribution in [0.2, 0.25) is 0 Å². The van der Waals surface area contributed by atoms with Gasteiger partial charge in [0.2, 0.25) is 0 Å². The van der Waals surface area contributed by atoms with Gasteiger partial charge in [0.15, 0.2) is 0 Å². The average Bonchev–Trinajstić information content (AvgIpc) is 2.47. The van der Waals surface area contributed by atoms with Gasteiger partial charge in [0.1, 0.15) is 0 Å². The fourth-order valence-electron chi connectivity index (χ4n) is 2.85. The van der Waals surface area contributed by atoms with Crippen molar-refractivity contribution in [3.8, 4) is 0 Å². The van der Waals surface area contributed by atoms with Crippen LogP contribution in [-0.4, -0.2) is 43.6 Å². The van der Waals surface area contributed by atoms with Gasteiger partial charge in [-0.15, -0.1) is 0 Å². The summed E-state index contributed by atoms with van der Waals surface area (Å²) in [5, 5.41) is 9.47. The van der Waals surface area contributed by atoms with Crippen LogP contribution in [0.5, 0.6) is 0 Å². The van der Waals surface area contributed by atoms with Crippen molar-refractivity contribution in [2.24, 2.45) is 0 Å². The Balaban J connectivity index is 2.35. The fourth-order valence-corrected chi connectivity index (χ4v) is 4.72. The smallest absolute Gasteiger partial charge is 0.304 e. The molecule has 1 fully saturated rings. The minimum Gasteiger partial charge on any atom is -0.395 e. The van der Waals surface area contributed by atoms with Crippen molar-refractivity contribution in [1.29, 1.82) is 0 Å². The normalized spacial score (nSPS) is 20.4. The van der Waals surface area contributed by atoms with Gasteiger partial charge in [0, 0.05) is 19.1 Å². The van der Waals surface area contributed by atoms with Crippen LogP contribution in [0, 0.1) is 6.92 Å². The molecule has 0 aromatic heterocycles. The lowest BCUT2D eigenvalue weighted by atomic mass is 10.1. The number of aliphatic hydroxyl groups excluding tert-OH is 1. The lowest BCUT2D eigenvalue weighted by Gasteiger charge is -2.37. The number of anilines is 1. The molecule has 0 saturated carbocycles. The van der Waals surface area contributed by atoms with E-state index in [1.54, 1.807) is 0 Å². The van der Waals surface area contributed by atoms with Crippen molar-refractivity contribution in [3.63, 3.8) is 0 Å². The molecule has 0 radical (unpaired) electrons. The summed E-state index contributed by atoms with van der Waals surface area (Å²) >= 11 is 0. The molecule has 1 aliphatic heterocycles. The Hall–Kier alpha value is -1.11. The van der Waals surface area contributed by atoms with Crippen LogP contribution in [0.15, 0.2) is 24.3 Å². The molecule has 0 amide bonds. The minimum atomic E-state index is -3.60.